The van der Waals surface area contributed by atoms with E-state index in [1.807, 2.05) is 6.92 Å². The van der Waals surface area contributed by atoms with Crippen LogP contribution in [0.5, 0.6) is 0 Å². The van der Waals surface area contributed by atoms with Crippen LogP contribution in [-0.4, -0.2) is 30.9 Å². The van der Waals surface area contributed by atoms with E-state index in [0.717, 1.165) is 15.9 Å². The number of halogens is 2. The second-order valence-electron chi connectivity index (χ2n) is 3.55. The molecule has 2 rings (SSSR count). The zero-order chi connectivity index (χ0) is 13.3. The van der Waals surface area contributed by atoms with Gasteiger partial charge in [0.1, 0.15) is 0 Å². The van der Waals surface area contributed by atoms with E-state index in [4.69, 9.17) is 12.2 Å². The summed E-state index contributed by atoms with van der Waals surface area (Å²) in [5.74, 6) is -0.516. The SMILES string of the molecule is Cc1c(/C=N/n2c(C(F)F)n[nH]c2=S)cnn1C. The van der Waals surface area contributed by atoms with Crippen molar-refractivity contribution in [1.82, 2.24) is 24.7 Å². The first-order valence-corrected chi connectivity index (χ1v) is 5.40. The summed E-state index contributed by atoms with van der Waals surface area (Å²) in [7, 11) is 1.78. The summed E-state index contributed by atoms with van der Waals surface area (Å²) in [6, 6.07) is 0. The number of aryl methyl sites for hydroxylation is 1. The van der Waals surface area contributed by atoms with Crippen molar-refractivity contribution in [2.75, 3.05) is 0 Å². The normalized spacial score (nSPS) is 11.8. The lowest BCUT2D eigenvalue weighted by atomic mass is 10.3. The predicted octanol–water partition coefficient (Wildman–Crippen LogP) is 1.80. The Balaban J connectivity index is 2.37. The minimum atomic E-state index is -2.75. The number of hydrogen-bond acceptors (Lipinski definition) is 4. The second kappa shape index (κ2) is 4.77. The zero-order valence-electron chi connectivity index (χ0n) is 9.63. The molecule has 0 aliphatic rings. The second-order valence-corrected chi connectivity index (χ2v) is 3.94. The first-order valence-electron chi connectivity index (χ1n) is 4.99. The number of aromatic nitrogens is 5. The molecule has 0 fully saturated rings. The van der Waals surface area contributed by atoms with E-state index in [9.17, 15) is 8.78 Å². The lowest BCUT2D eigenvalue weighted by Gasteiger charge is -1.98. The van der Waals surface area contributed by atoms with Gasteiger partial charge in [0.05, 0.1) is 12.4 Å². The van der Waals surface area contributed by atoms with Crippen molar-refractivity contribution < 1.29 is 8.78 Å². The summed E-state index contributed by atoms with van der Waals surface area (Å²) < 4.78 is 27.8. The average molecular weight is 272 g/mol. The highest BCUT2D eigenvalue weighted by molar-refractivity contribution is 7.71. The maximum atomic E-state index is 12.6. The van der Waals surface area contributed by atoms with Crippen LogP contribution >= 0.6 is 12.2 Å². The monoisotopic (exact) mass is 272 g/mol. The molecule has 0 atom stereocenters. The van der Waals surface area contributed by atoms with Crippen molar-refractivity contribution in [2.45, 2.75) is 13.3 Å². The van der Waals surface area contributed by atoms with Gasteiger partial charge in [0, 0.05) is 18.3 Å². The molecule has 0 bridgehead atoms. The topological polar surface area (TPSA) is 63.8 Å². The van der Waals surface area contributed by atoms with Crippen LogP contribution in [0.15, 0.2) is 11.3 Å². The Morgan fingerprint density at radius 1 is 1.56 bits per heavy atom. The third kappa shape index (κ3) is 2.21. The summed E-state index contributed by atoms with van der Waals surface area (Å²) in [5.41, 5.74) is 1.59. The number of alkyl halides is 2. The van der Waals surface area contributed by atoms with Crippen molar-refractivity contribution in [3.8, 4) is 0 Å². The van der Waals surface area contributed by atoms with E-state index >= 15 is 0 Å². The molecule has 0 saturated heterocycles. The van der Waals surface area contributed by atoms with Gasteiger partial charge in [-0.1, -0.05) is 0 Å². The quantitative estimate of drug-likeness (QED) is 0.684. The number of rotatable bonds is 3. The number of aromatic amines is 1. The summed E-state index contributed by atoms with van der Waals surface area (Å²) in [4.78, 5) is 0. The number of nitrogens with one attached hydrogen (secondary N) is 1. The molecule has 96 valence electrons. The van der Waals surface area contributed by atoms with Gasteiger partial charge in [-0.05, 0) is 19.1 Å². The van der Waals surface area contributed by atoms with Crippen molar-refractivity contribution in [1.29, 1.82) is 0 Å². The van der Waals surface area contributed by atoms with Gasteiger partial charge in [0.25, 0.3) is 6.43 Å². The average Bonchev–Trinajstić information content (AvgIpc) is 2.83. The third-order valence-electron chi connectivity index (χ3n) is 2.46. The largest absolute Gasteiger partial charge is 0.299 e. The Labute approximate surface area is 106 Å². The smallest absolute Gasteiger partial charge is 0.272 e. The van der Waals surface area contributed by atoms with Gasteiger partial charge in [-0.25, -0.2) is 13.9 Å². The van der Waals surface area contributed by atoms with Crippen LogP contribution in [0, 0.1) is 11.7 Å². The Kier molecular flexibility index (Phi) is 3.32. The van der Waals surface area contributed by atoms with Crippen LogP contribution in [0.4, 0.5) is 8.78 Å². The molecule has 0 spiro atoms. The Morgan fingerprint density at radius 2 is 2.28 bits per heavy atom. The Morgan fingerprint density at radius 3 is 2.83 bits per heavy atom. The van der Waals surface area contributed by atoms with Crippen molar-refractivity contribution in [2.24, 2.45) is 12.1 Å². The number of hydrogen-bond donors (Lipinski definition) is 1. The van der Waals surface area contributed by atoms with Crippen molar-refractivity contribution >= 4 is 18.4 Å². The maximum Gasteiger partial charge on any atom is 0.299 e. The van der Waals surface area contributed by atoms with E-state index in [1.54, 1.807) is 17.9 Å². The van der Waals surface area contributed by atoms with Crippen LogP contribution in [0.1, 0.15) is 23.5 Å². The van der Waals surface area contributed by atoms with Gasteiger partial charge in [0.15, 0.2) is 0 Å². The molecule has 2 aromatic rings. The number of H-pyrrole nitrogens is 1. The molecular weight excluding hydrogens is 262 g/mol. The first kappa shape index (κ1) is 12.6. The van der Waals surface area contributed by atoms with Crippen LogP contribution < -0.4 is 0 Å². The number of nitrogens with zero attached hydrogens (tertiary/aromatic N) is 5. The standard InChI is InChI=1S/C9H10F2N6S/c1-5-6(3-12-16(5)2)4-13-17-8(7(10)11)14-15-9(17)18/h3-4,7H,1-2H3,(H,15,18)/b13-4+. The fourth-order valence-electron chi connectivity index (χ4n) is 1.32. The van der Waals surface area contributed by atoms with E-state index in [2.05, 4.69) is 20.4 Å². The molecule has 0 saturated carbocycles. The zero-order valence-corrected chi connectivity index (χ0v) is 10.4. The van der Waals surface area contributed by atoms with Gasteiger partial charge in [-0.2, -0.15) is 20.0 Å². The van der Waals surface area contributed by atoms with E-state index in [1.165, 1.54) is 6.21 Å². The molecule has 0 amide bonds. The lowest BCUT2D eigenvalue weighted by Crippen LogP contribution is -2.00. The predicted molar refractivity (Wildman–Crippen MR) is 63.3 cm³/mol. The molecule has 0 aliphatic heterocycles. The van der Waals surface area contributed by atoms with Crippen molar-refractivity contribution in [3.63, 3.8) is 0 Å². The van der Waals surface area contributed by atoms with Gasteiger partial charge in [-0.3, -0.25) is 4.68 Å². The van der Waals surface area contributed by atoms with Gasteiger partial charge >= 0.3 is 0 Å². The highest BCUT2D eigenvalue weighted by atomic mass is 32.1. The van der Waals surface area contributed by atoms with Crippen LogP contribution in [0.3, 0.4) is 0 Å². The Hall–Kier alpha value is -1.90. The van der Waals surface area contributed by atoms with Crippen LogP contribution in [0.2, 0.25) is 0 Å². The van der Waals surface area contributed by atoms with E-state index in [-0.39, 0.29) is 4.77 Å². The maximum absolute atomic E-state index is 12.6. The first-order chi connectivity index (χ1) is 8.50. The lowest BCUT2D eigenvalue weighted by molar-refractivity contribution is 0.136. The van der Waals surface area contributed by atoms with E-state index in [0.29, 0.717) is 0 Å². The molecule has 2 heterocycles. The van der Waals surface area contributed by atoms with Crippen molar-refractivity contribution in [3.05, 3.63) is 28.0 Å². The molecule has 6 nitrogen and oxygen atoms in total. The molecule has 0 unspecified atom stereocenters. The molecule has 9 heteroatoms. The molecule has 0 aliphatic carbocycles. The van der Waals surface area contributed by atoms with Gasteiger partial charge in [0.2, 0.25) is 10.6 Å². The molecule has 1 N–H and O–H groups in total. The highest BCUT2D eigenvalue weighted by Gasteiger charge is 2.16. The van der Waals surface area contributed by atoms with Crippen LogP contribution in [0.25, 0.3) is 0 Å². The fraction of sp³-hybridized carbons (Fsp3) is 0.333. The van der Waals surface area contributed by atoms with E-state index < -0.39 is 12.2 Å². The Bertz CT molecular complexity index is 638. The molecule has 18 heavy (non-hydrogen) atoms. The fourth-order valence-corrected chi connectivity index (χ4v) is 1.51. The summed E-state index contributed by atoms with van der Waals surface area (Å²) >= 11 is 4.82. The minimum absolute atomic E-state index is 0.0168. The molecule has 0 radical (unpaired) electrons. The summed E-state index contributed by atoms with van der Waals surface area (Å²) in [6.07, 6.45) is 0.259. The molecule has 0 aromatic carbocycles. The summed E-state index contributed by atoms with van der Waals surface area (Å²) in [5, 5.41) is 13.6. The third-order valence-corrected chi connectivity index (χ3v) is 2.72. The van der Waals surface area contributed by atoms with Gasteiger partial charge in [-0.15, -0.1) is 0 Å². The minimum Gasteiger partial charge on any atom is -0.272 e. The highest BCUT2D eigenvalue weighted by Crippen LogP contribution is 2.16. The summed E-state index contributed by atoms with van der Waals surface area (Å²) in [6.45, 7) is 1.84. The van der Waals surface area contributed by atoms with Crippen LogP contribution in [-0.2, 0) is 7.05 Å². The van der Waals surface area contributed by atoms with Gasteiger partial charge < -0.3 is 0 Å². The molecule has 2 aromatic heterocycles. The molecular formula is C9H10F2N6S.